The van der Waals surface area contributed by atoms with Crippen LogP contribution in [0.25, 0.3) is 0 Å². The van der Waals surface area contributed by atoms with Crippen molar-refractivity contribution < 1.29 is 9.59 Å². The maximum Gasteiger partial charge on any atom is 0.252 e. The quantitative estimate of drug-likeness (QED) is 0.427. The van der Waals surface area contributed by atoms with Crippen LogP contribution in [0.15, 0.2) is 65.8 Å². The van der Waals surface area contributed by atoms with Gasteiger partial charge in [-0.25, -0.2) is 4.99 Å². The van der Waals surface area contributed by atoms with Crippen LogP contribution >= 0.6 is 0 Å². The van der Waals surface area contributed by atoms with Gasteiger partial charge < -0.3 is 16.4 Å². The van der Waals surface area contributed by atoms with E-state index >= 15 is 0 Å². The Bertz CT molecular complexity index is 702. The van der Waals surface area contributed by atoms with Gasteiger partial charge in [0.1, 0.15) is 5.84 Å². The zero-order chi connectivity index (χ0) is 17.4. The van der Waals surface area contributed by atoms with Crippen molar-refractivity contribution >= 4 is 29.0 Å². The van der Waals surface area contributed by atoms with Gasteiger partial charge >= 0.3 is 0 Å². The maximum atomic E-state index is 11.6. The van der Waals surface area contributed by atoms with Crippen LogP contribution in [0.5, 0.6) is 0 Å². The summed E-state index contributed by atoms with van der Waals surface area (Å²) in [5.41, 5.74) is 7.14. The molecule has 0 fully saturated rings. The molecule has 0 atom stereocenters. The molecule has 0 bridgehead atoms. The number of rotatable bonds is 6. The summed E-state index contributed by atoms with van der Waals surface area (Å²) >= 11 is 0. The number of hydrogen-bond donors (Lipinski definition) is 3. The molecule has 0 saturated carbocycles. The molecule has 0 aromatic heterocycles. The number of nitrogens with two attached hydrogens (primary N) is 1. The minimum atomic E-state index is -0.618. The number of primary amides is 1. The van der Waals surface area contributed by atoms with Gasteiger partial charge in [-0.05, 0) is 32.1 Å². The van der Waals surface area contributed by atoms with Gasteiger partial charge in [0.2, 0.25) is 5.91 Å². The van der Waals surface area contributed by atoms with Crippen LogP contribution < -0.4 is 16.4 Å². The van der Waals surface area contributed by atoms with E-state index in [1.165, 1.54) is 0 Å². The van der Waals surface area contributed by atoms with E-state index < -0.39 is 5.91 Å². The predicted molar refractivity (Wildman–Crippen MR) is 93.3 cm³/mol. The SMILES string of the molecule is C=CC(=O)Nc1ccccc1N=C(NC(=C)C)/C(=C\C)C(N)=O. The molecule has 23 heavy (non-hydrogen) atoms. The molecule has 0 aliphatic heterocycles. The summed E-state index contributed by atoms with van der Waals surface area (Å²) in [6.45, 7) is 10.6. The summed E-state index contributed by atoms with van der Waals surface area (Å²) in [6, 6.07) is 6.92. The van der Waals surface area contributed by atoms with E-state index in [2.05, 4.69) is 28.8 Å². The van der Waals surface area contributed by atoms with Crippen LogP contribution in [-0.2, 0) is 9.59 Å². The lowest BCUT2D eigenvalue weighted by Crippen LogP contribution is -2.30. The van der Waals surface area contributed by atoms with Crippen LogP contribution in [0.2, 0.25) is 0 Å². The minimum Gasteiger partial charge on any atom is -0.365 e. The van der Waals surface area contributed by atoms with Crippen molar-refractivity contribution in [2.24, 2.45) is 10.7 Å². The number of anilines is 1. The number of amides is 2. The molecule has 6 heteroatoms. The number of hydrogen-bond acceptors (Lipinski definition) is 3. The molecule has 0 aliphatic carbocycles. The molecule has 1 rings (SSSR count). The number of carbonyl (C=O) groups is 2. The van der Waals surface area contributed by atoms with Crippen molar-refractivity contribution in [1.82, 2.24) is 5.32 Å². The van der Waals surface area contributed by atoms with Crippen LogP contribution in [0.1, 0.15) is 13.8 Å². The summed E-state index contributed by atoms with van der Waals surface area (Å²) in [5.74, 6) is -0.719. The number of aliphatic imine (C=N–C) groups is 1. The fourth-order valence-corrected chi connectivity index (χ4v) is 1.73. The van der Waals surface area contributed by atoms with E-state index in [0.717, 1.165) is 6.08 Å². The summed E-state index contributed by atoms with van der Waals surface area (Å²) in [4.78, 5) is 27.5. The summed E-state index contributed by atoms with van der Waals surface area (Å²) in [5, 5.41) is 5.56. The van der Waals surface area contributed by atoms with Gasteiger partial charge in [0.15, 0.2) is 0 Å². The molecular formula is C17H20N4O2. The Kier molecular flexibility index (Phi) is 6.48. The number of para-hydroxylation sites is 2. The molecule has 4 N–H and O–H groups in total. The number of amidine groups is 1. The smallest absolute Gasteiger partial charge is 0.252 e. The second kappa shape index (κ2) is 8.33. The Labute approximate surface area is 135 Å². The molecule has 2 amide bonds. The average Bonchev–Trinajstić information content (AvgIpc) is 2.48. The van der Waals surface area contributed by atoms with Gasteiger partial charge in [0.05, 0.1) is 16.9 Å². The fourth-order valence-electron chi connectivity index (χ4n) is 1.73. The van der Waals surface area contributed by atoms with Gasteiger partial charge in [0, 0.05) is 5.70 Å². The van der Waals surface area contributed by atoms with E-state index in [-0.39, 0.29) is 17.3 Å². The van der Waals surface area contributed by atoms with Gasteiger partial charge in [-0.15, -0.1) is 0 Å². The van der Waals surface area contributed by atoms with Crippen LogP contribution in [-0.4, -0.2) is 17.6 Å². The first-order valence-corrected chi connectivity index (χ1v) is 6.89. The normalized spacial score (nSPS) is 11.6. The first-order valence-electron chi connectivity index (χ1n) is 6.89. The molecule has 120 valence electrons. The molecule has 1 aromatic carbocycles. The summed E-state index contributed by atoms with van der Waals surface area (Å²) < 4.78 is 0. The van der Waals surface area contributed by atoms with Crippen LogP contribution in [0.4, 0.5) is 11.4 Å². The largest absolute Gasteiger partial charge is 0.365 e. The second-order valence-electron chi connectivity index (χ2n) is 4.64. The highest BCUT2D eigenvalue weighted by Gasteiger charge is 2.13. The molecule has 1 aromatic rings. The van der Waals surface area contributed by atoms with Crippen molar-refractivity contribution in [3.05, 3.63) is 60.8 Å². The van der Waals surface area contributed by atoms with Crippen molar-refractivity contribution in [2.45, 2.75) is 13.8 Å². The monoisotopic (exact) mass is 312 g/mol. The fraction of sp³-hybridized carbons (Fsp3) is 0.118. The zero-order valence-electron chi connectivity index (χ0n) is 13.2. The molecular weight excluding hydrogens is 292 g/mol. The van der Waals surface area contributed by atoms with Gasteiger partial charge in [-0.3, -0.25) is 9.59 Å². The first-order chi connectivity index (χ1) is 10.9. The predicted octanol–water partition coefficient (Wildman–Crippen LogP) is 2.40. The minimum absolute atomic E-state index is 0.220. The zero-order valence-corrected chi connectivity index (χ0v) is 13.2. The van der Waals surface area contributed by atoms with Crippen LogP contribution in [0.3, 0.4) is 0 Å². The van der Waals surface area contributed by atoms with E-state index in [4.69, 9.17) is 5.73 Å². The van der Waals surface area contributed by atoms with Crippen molar-refractivity contribution in [2.75, 3.05) is 5.32 Å². The van der Waals surface area contributed by atoms with E-state index in [1.54, 1.807) is 44.2 Å². The highest BCUT2D eigenvalue weighted by atomic mass is 16.1. The molecule has 0 aliphatic rings. The number of nitrogens with one attached hydrogen (secondary N) is 2. The Balaban J connectivity index is 3.36. The van der Waals surface area contributed by atoms with Gasteiger partial charge in [-0.1, -0.05) is 31.4 Å². The summed E-state index contributed by atoms with van der Waals surface area (Å²) in [6.07, 6.45) is 2.72. The third kappa shape index (κ3) is 5.28. The Morgan fingerprint density at radius 1 is 1.30 bits per heavy atom. The lowest BCUT2D eigenvalue weighted by atomic mass is 10.2. The lowest BCUT2D eigenvalue weighted by Gasteiger charge is -2.12. The third-order valence-corrected chi connectivity index (χ3v) is 2.72. The van der Waals surface area contributed by atoms with Crippen molar-refractivity contribution in [1.29, 1.82) is 0 Å². The van der Waals surface area contributed by atoms with Crippen molar-refractivity contribution in [3.8, 4) is 0 Å². The highest BCUT2D eigenvalue weighted by molar-refractivity contribution is 6.21. The molecule has 0 radical (unpaired) electrons. The number of allylic oxidation sites excluding steroid dienone is 2. The highest BCUT2D eigenvalue weighted by Crippen LogP contribution is 2.25. The molecule has 0 spiro atoms. The summed E-state index contributed by atoms with van der Waals surface area (Å²) in [7, 11) is 0. The average molecular weight is 312 g/mol. The topological polar surface area (TPSA) is 96.6 Å². The Morgan fingerprint density at radius 2 is 1.96 bits per heavy atom. The van der Waals surface area contributed by atoms with E-state index in [9.17, 15) is 9.59 Å². The standard InChI is InChI=1S/C17H20N4O2/c1-5-12(16(18)23)17(19-11(3)4)21-14-10-8-7-9-13(14)20-15(22)6-2/h5-10H,2-3H2,1,4H3,(H2,18,23)(H,19,21)(H,20,22)/b12-5-. The maximum absolute atomic E-state index is 11.6. The van der Waals surface area contributed by atoms with E-state index in [1.807, 2.05) is 0 Å². The van der Waals surface area contributed by atoms with Crippen molar-refractivity contribution in [3.63, 3.8) is 0 Å². The Morgan fingerprint density at radius 3 is 2.48 bits per heavy atom. The lowest BCUT2D eigenvalue weighted by molar-refractivity contribution is -0.114. The molecule has 0 saturated heterocycles. The van der Waals surface area contributed by atoms with Crippen LogP contribution in [0, 0.1) is 0 Å². The first kappa shape index (κ1) is 17.9. The number of benzene rings is 1. The molecule has 0 heterocycles. The van der Waals surface area contributed by atoms with Gasteiger partial charge in [-0.2, -0.15) is 0 Å². The van der Waals surface area contributed by atoms with Gasteiger partial charge in [0.25, 0.3) is 5.91 Å². The third-order valence-electron chi connectivity index (χ3n) is 2.72. The second-order valence-corrected chi connectivity index (χ2v) is 4.64. The Hall–Kier alpha value is -3.15. The molecule has 0 unspecified atom stereocenters. The number of carbonyl (C=O) groups excluding carboxylic acids is 2. The van der Waals surface area contributed by atoms with E-state index in [0.29, 0.717) is 17.1 Å². The number of nitrogens with zero attached hydrogens (tertiary/aromatic N) is 1. The molecule has 6 nitrogen and oxygen atoms in total.